The molecule has 1 unspecified atom stereocenters. The number of amides is 2. The van der Waals surface area contributed by atoms with E-state index in [0.29, 0.717) is 17.7 Å². The zero-order valence-electron chi connectivity index (χ0n) is 13.4. The molecule has 2 aromatic rings. The summed E-state index contributed by atoms with van der Waals surface area (Å²) in [6.45, 7) is 0.174. The van der Waals surface area contributed by atoms with E-state index < -0.39 is 34.5 Å². The van der Waals surface area contributed by atoms with Gasteiger partial charge in [-0.3, -0.25) is 9.59 Å². The molecule has 0 saturated heterocycles. The molecule has 0 bridgehead atoms. The molecule has 8 heteroatoms. The number of nitrogens with zero attached hydrogens (tertiary/aromatic N) is 1. The molecule has 136 valence electrons. The highest BCUT2D eigenvalue weighted by atomic mass is 35.5. The van der Waals surface area contributed by atoms with Crippen LogP contribution in [0.5, 0.6) is 0 Å². The summed E-state index contributed by atoms with van der Waals surface area (Å²) in [5.74, 6) is -1.64. The molecular weight excluding hydrogens is 369 g/mol. The van der Waals surface area contributed by atoms with E-state index in [-0.39, 0.29) is 12.1 Å². The van der Waals surface area contributed by atoms with Crippen molar-refractivity contribution in [3.8, 4) is 0 Å². The van der Waals surface area contributed by atoms with E-state index in [1.54, 1.807) is 24.3 Å². The van der Waals surface area contributed by atoms with E-state index in [1.807, 2.05) is 0 Å². The Morgan fingerprint density at radius 1 is 1.15 bits per heavy atom. The normalized spacial score (nSPS) is 16.9. The van der Waals surface area contributed by atoms with Crippen LogP contribution in [0.1, 0.15) is 33.8 Å². The Hall–Kier alpha value is -2.54. The summed E-state index contributed by atoms with van der Waals surface area (Å²) in [4.78, 5) is 25.8. The molecule has 2 amide bonds. The monoisotopic (exact) mass is 382 g/mol. The van der Waals surface area contributed by atoms with Crippen LogP contribution in [0.2, 0.25) is 5.02 Å². The first-order chi connectivity index (χ1) is 12.2. The van der Waals surface area contributed by atoms with Crippen molar-refractivity contribution in [1.29, 1.82) is 0 Å². The minimum Gasteiger partial charge on any atom is -0.369 e. The first-order valence-corrected chi connectivity index (χ1v) is 8.15. The lowest BCUT2D eigenvalue weighted by molar-refractivity contribution is -0.137. The van der Waals surface area contributed by atoms with Gasteiger partial charge in [-0.15, -0.1) is 0 Å². The van der Waals surface area contributed by atoms with Crippen LogP contribution < -0.4 is 10.6 Å². The lowest BCUT2D eigenvalue weighted by Gasteiger charge is -2.33. The number of anilines is 1. The third kappa shape index (κ3) is 3.26. The molecule has 0 aromatic heterocycles. The van der Waals surface area contributed by atoms with Crippen molar-refractivity contribution in [2.45, 2.75) is 18.5 Å². The summed E-state index contributed by atoms with van der Waals surface area (Å²) >= 11 is 5.61. The molecular formula is C18H14ClF3N2O2. The van der Waals surface area contributed by atoms with Gasteiger partial charge in [-0.05, 0) is 36.2 Å². The Kier molecular flexibility index (Phi) is 4.66. The molecule has 2 N–H and O–H groups in total. The van der Waals surface area contributed by atoms with Gasteiger partial charge >= 0.3 is 6.18 Å². The third-order valence-electron chi connectivity index (χ3n) is 4.35. The van der Waals surface area contributed by atoms with Crippen molar-refractivity contribution in [3.05, 3.63) is 64.2 Å². The fourth-order valence-corrected chi connectivity index (χ4v) is 3.32. The number of carbonyl (C=O) groups excluding carboxylic acids is 2. The molecule has 3 rings (SSSR count). The van der Waals surface area contributed by atoms with E-state index in [0.717, 1.165) is 12.1 Å². The van der Waals surface area contributed by atoms with Crippen molar-refractivity contribution >= 4 is 29.1 Å². The molecule has 0 saturated carbocycles. The fourth-order valence-electron chi connectivity index (χ4n) is 3.10. The predicted octanol–water partition coefficient (Wildman–Crippen LogP) is 3.98. The lowest BCUT2D eigenvalue weighted by atomic mass is 9.89. The van der Waals surface area contributed by atoms with Crippen LogP contribution in [-0.4, -0.2) is 18.4 Å². The summed E-state index contributed by atoms with van der Waals surface area (Å²) in [7, 11) is 0. The summed E-state index contributed by atoms with van der Waals surface area (Å²) in [6, 6.07) is 9.78. The highest BCUT2D eigenvalue weighted by molar-refractivity contribution is 6.31. The number of hydrogen-bond donors (Lipinski definition) is 1. The van der Waals surface area contributed by atoms with E-state index in [2.05, 4.69) is 0 Å². The van der Waals surface area contributed by atoms with Crippen LogP contribution in [0.3, 0.4) is 0 Å². The van der Waals surface area contributed by atoms with Gasteiger partial charge in [0.2, 0.25) is 5.91 Å². The fraction of sp³-hybridized carbons (Fsp3) is 0.222. The van der Waals surface area contributed by atoms with Crippen molar-refractivity contribution in [1.82, 2.24) is 0 Å². The number of rotatable bonds is 2. The summed E-state index contributed by atoms with van der Waals surface area (Å²) in [6.07, 6.45) is -4.36. The van der Waals surface area contributed by atoms with Gasteiger partial charge in [-0.2, -0.15) is 13.2 Å². The van der Waals surface area contributed by atoms with E-state index >= 15 is 0 Å². The second-order valence-electron chi connectivity index (χ2n) is 5.95. The zero-order valence-corrected chi connectivity index (χ0v) is 14.1. The van der Waals surface area contributed by atoms with Gasteiger partial charge in [-0.25, -0.2) is 0 Å². The first kappa shape index (κ1) is 18.3. The number of halogens is 4. The van der Waals surface area contributed by atoms with Gasteiger partial charge in [-0.1, -0.05) is 29.8 Å². The molecule has 0 spiro atoms. The molecule has 1 aliphatic rings. The largest absolute Gasteiger partial charge is 0.417 e. The number of hydrogen-bond acceptors (Lipinski definition) is 2. The highest BCUT2D eigenvalue weighted by Crippen LogP contribution is 2.38. The quantitative estimate of drug-likeness (QED) is 0.854. The van der Waals surface area contributed by atoms with Crippen LogP contribution in [0, 0.1) is 0 Å². The van der Waals surface area contributed by atoms with Gasteiger partial charge in [0.1, 0.15) is 0 Å². The Balaban J connectivity index is 2.01. The van der Waals surface area contributed by atoms with Crippen LogP contribution >= 0.6 is 11.6 Å². The SMILES string of the molecule is NC(=O)C1CCN(C(=O)c2ccc(Cl)c(C(F)(F)F)c2)c2ccccc21. The molecule has 1 aliphatic heterocycles. The number of carbonyl (C=O) groups is 2. The molecule has 26 heavy (non-hydrogen) atoms. The van der Waals surface area contributed by atoms with Crippen molar-refractivity contribution < 1.29 is 22.8 Å². The summed E-state index contributed by atoms with van der Waals surface area (Å²) in [5.41, 5.74) is 5.28. The van der Waals surface area contributed by atoms with Crippen LogP contribution in [0.15, 0.2) is 42.5 Å². The van der Waals surface area contributed by atoms with Gasteiger partial charge in [0.05, 0.1) is 16.5 Å². The second-order valence-corrected chi connectivity index (χ2v) is 6.36. The average molecular weight is 383 g/mol. The Morgan fingerprint density at radius 3 is 2.50 bits per heavy atom. The molecule has 1 atom stereocenters. The van der Waals surface area contributed by atoms with Gasteiger partial charge in [0, 0.05) is 17.8 Å². The summed E-state index contributed by atoms with van der Waals surface area (Å²) < 4.78 is 39.2. The number of para-hydroxylation sites is 1. The number of fused-ring (bicyclic) bond motifs is 1. The number of alkyl halides is 3. The number of nitrogens with two attached hydrogens (primary N) is 1. The van der Waals surface area contributed by atoms with Crippen molar-refractivity contribution in [2.75, 3.05) is 11.4 Å². The second kappa shape index (κ2) is 6.64. The van der Waals surface area contributed by atoms with E-state index in [4.69, 9.17) is 17.3 Å². The minimum atomic E-state index is -4.66. The maximum absolute atomic E-state index is 13.1. The Morgan fingerprint density at radius 2 is 1.85 bits per heavy atom. The maximum Gasteiger partial charge on any atom is 0.417 e. The first-order valence-electron chi connectivity index (χ1n) is 7.77. The third-order valence-corrected chi connectivity index (χ3v) is 4.68. The maximum atomic E-state index is 13.1. The molecule has 1 heterocycles. The van der Waals surface area contributed by atoms with Crippen LogP contribution in [0.25, 0.3) is 0 Å². The zero-order chi connectivity index (χ0) is 19.1. The molecule has 4 nitrogen and oxygen atoms in total. The molecule has 0 radical (unpaired) electrons. The highest BCUT2D eigenvalue weighted by Gasteiger charge is 2.35. The van der Waals surface area contributed by atoms with Gasteiger partial charge in [0.25, 0.3) is 5.91 Å². The minimum absolute atomic E-state index is 0.131. The molecule has 0 aliphatic carbocycles. The molecule has 2 aromatic carbocycles. The number of primary amides is 1. The topological polar surface area (TPSA) is 63.4 Å². The van der Waals surface area contributed by atoms with Crippen LogP contribution in [0.4, 0.5) is 18.9 Å². The van der Waals surface area contributed by atoms with Crippen molar-refractivity contribution in [3.63, 3.8) is 0 Å². The number of benzene rings is 2. The summed E-state index contributed by atoms with van der Waals surface area (Å²) in [5, 5.41) is -0.470. The van der Waals surface area contributed by atoms with Crippen LogP contribution in [-0.2, 0) is 11.0 Å². The Labute approximate surface area is 152 Å². The van der Waals surface area contributed by atoms with Gasteiger partial charge < -0.3 is 10.6 Å². The standard InChI is InChI=1S/C18H14ClF3N2O2/c19-14-6-5-10(9-13(14)18(20,21)22)17(26)24-8-7-12(16(23)25)11-3-1-2-4-15(11)24/h1-6,9,12H,7-8H2,(H2,23,25). The smallest absolute Gasteiger partial charge is 0.369 e. The predicted molar refractivity (Wildman–Crippen MR) is 91.1 cm³/mol. The average Bonchev–Trinajstić information content (AvgIpc) is 2.59. The van der Waals surface area contributed by atoms with Crippen molar-refractivity contribution in [2.24, 2.45) is 5.73 Å². The van der Waals surface area contributed by atoms with E-state index in [9.17, 15) is 22.8 Å². The van der Waals surface area contributed by atoms with Gasteiger partial charge in [0.15, 0.2) is 0 Å². The molecule has 0 fully saturated rings. The van der Waals surface area contributed by atoms with E-state index in [1.165, 1.54) is 11.0 Å². The lowest BCUT2D eigenvalue weighted by Crippen LogP contribution is -2.39. The Bertz CT molecular complexity index is 883.